The summed E-state index contributed by atoms with van der Waals surface area (Å²) < 4.78 is 15.6. The van der Waals surface area contributed by atoms with Crippen LogP contribution in [0, 0.1) is 0 Å². The lowest BCUT2D eigenvalue weighted by Gasteiger charge is -2.31. The molecule has 0 aromatic rings. The summed E-state index contributed by atoms with van der Waals surface area (Å²) in [4.78, 5) is 29.9. The zero-order valence-corrected chi connectivity index (χ0v) is 8.81. The summed E-state index contributed by atoms with van der Waals surface area (Å²) >= 11 is 0. The molecule has 2 N–H and O–H groups in total. The van der Waals surface area contributed by atoms with Crippen LogP contribution < -0.4 is 0 Å². The van der Waals surface area contributed by atoms with E-state index in [-0.39, 0.29) is 18.9 Å². The molecule has 1 aliphatic heterocycles. The van der Waals surface area contributed by atoms with Crippen LogP contribution in [0.3, 0.4) is 0 Å². The average molecular weight is 223 g/mol. The maximum absolute atomic E-state index is 11.0. The minimum atomic E-state index is -4.08. The van der Waals surface area contributed by atoms with E-state index in [1.807, 2.05) is 6.92 Å². The second kappa shape index (κ2) is 4.40. The fourth-order valence-electron chi connectivity index (χ4n) is 1.38. The van der Waals surface area contributed by atoms with Crippen molar-refractivity contribution in [2.45, 2.75) is 19.4 Å². The number of cyclic esters (lactones) is 1. The largest absolute Gasteiger partial charge is 0.460 e. The van der Waals surface area contributed by atoms with Gasteiger partial charge in [-0.3, -0.25) is 14.3 Å². The molecule has 1 heterocycles. The van der Waals surface area contributed by atoms with Crippen molar-refractivity contribution in [2.24, 2.45) is 0 Å². The molecule has 1 atom stereocenters. The number of morpholine rings is 1. The molecule has 1 saturated heterocycles. The number of ether oxygens (including phenoxy) is 1. The molecule has 6 nitrogen and oxygen atoms in total. The topological polar surface area (TPSA) is 87.1 Å². The van der Waals surface area contributed by atoms with Crippen molar-refractivity contribution in [1.82, 2.24) is 4.90 Å². The zero-order valence-electron chi connectivity index (χ0n) is 7.92. The minimum absolute atomic E-state index is 0.0401. The standard InChI is InChI=1S/C7H14NO5P/c1-2-6-3-8(4-7(9)13-6)5-14(10,11)12/h6H,2-5H2,1H3,(H2,10,11,12). The third kappa shape index (κ3) is 3.75. The quantitative estimate of drug-likeness (QED) is 0.507. The Bertz CT molecular complexity index is 263. The van der Waals surface area contributed by atoms with E-state index in [1.165, 1.54) is 4.90 Å². The van der Waals surface area contributed by atoms with Crippen LogP contribution >= 0.6 is 7.60 Å². The molecule has 0 radical (unpaired) electrons. The summed E-state index contributed by atoms with van der Waals surface area (Å²) in [5.74, 6) is -0.420. The second-order valence-corrected chi connectivity index (χ2v) is 4.95. The van der Waals surface area contributed by atoms with E-state index in [0.717, 1.165) is 0 Å². The van der Waals surface area contributed by atoms with Crippen LogP contribution in [-0.4, -0.2) is 46.1 Å². The van der Waals surface area contributed by atoms with E-state index >= 15 is 0 Å². The van der Waals surface area contributed by atoms with E-state index in [9.17, 15) is 9.36 Å². The molecule has 0 aromatic heterocycles. The SMILES string of the molecule is CCC1CN(CP(=O)(O)O)CC(=O)O1. The van der Waals surface area contributed by atoms with Gasteiger partial charge in [-0.05, 0) is 6.42 Å². The van der Waals surface area contributed by atoms with Gasteiger partial charge >= 0.3 is 13.6 Å². The van der Waals surface area contributed by atoms with Gasteiger partial charge in [-0.2, -0.15) is 0 Å². The van der Waals surface area contributed by atoms with Crippen LogP contribution in [0.2, 0.25) is 0 Å². The predicted molar refractivity (Wildman–Crippen MR) is 48.7 cm³/mol. The van der Waals surface area contributed by atoms with Gasteiger partial charge in [0.25, 0.3) is 0 Å². The van der Waals surface area contributed by atoms with Crippen LogP contribution in [-0.2, 0) is 14.1 Å². The number of hydrogen-bond acceptors (Lipinski definition) is 4. The molecule has 0 aliphatic carbocycles. The molecule has 7 heteroatoms. The normalized spacial score (nSPS) is 24.8. The first-order valence-electron chi connectivity index (χ1n) is 4.37. The van der Waals surface area contributed by atoms with Crippen LogP contribution in [0.15, 0.2) is 0 Å². The molecule has 14 heavy (non-hydrogen) atoms. The summed E-state index contributed by atoms with van der Waals surface area (Å²) in [5, 5.41) is 0. The number of hydrogen-bond donors (Lipinski definition) is 2. The van der Waals surface area contributed by atoms with Gasteiger partial charge in [0.15, 0.2) is 0 Å². The Morgan fingerprint density at radius 1 is 1.64 bits per heavy atom. The Morgan fingerprint density at radius 2 is 2.29 bits per heavy atom. The van der Waals surface area contributed by atoms with Crippen molar-refractivity contribution >= 4 is 13.6 Å². The average Bonchev–Trinajstić information content (AvgIpc) is 1.99. The van der Waals surface area contributed by atoms with E-state index < -0.39 is 13.6 Å². The summed E-state index contributed by atoms with van der Waals surface area (Å²) in [6.07, 6.45) is 0.0324. The summed E-state index contributed by atoms with van der Waals surface area (Å²) in [6, 6.07) is 0. The van der Waals surface area contributed by atoms with Gasteiger partial charge < -0.3 is 14.5 Å². The molecule has 0 bridgehead atoms. The van der Waals surface area contributed by atoms with Crippen molar-refractivity contribution < 1.29 is 23.9 Å². The van der Waals surface area contributed by atoms with Gasteiger partial charge in [0.2, 0.25) is 0 Å². The Hall–Kier alpha value is -0.420. The first kappa shape index (κ1) is 11.7. The lowest BCUT2D eigenvalue weighted by atomic mass is 10.2. The van der Waals surface area contributed by atoms with Crippen LogP contribution in [0.25, 0.3) is 0 Å². The van der Waals surface area contributed by atoms with Crippen molar-refractivity contribution in [3.63, 3.8) is 0 Å². The molecular formula is C7H14NO5P. The van der Waals surface area contributed by atoms with Gasteiger partial charge in [-0.1, -0.05) is 6.92 Å². The predicted octanol–water partition coefficient (Wildman–Crippen LogP) is -0.241. The van der Waals surface area contributed by atoms with Crippen molar-refractivity contribution in [2.75, 3.05) is 19.4 Å². The highest BCUT2D eigenvalue weighted by Gasteiger charge is 2.29. The van der Waals surface area contributed by atoms with Gasteiger partial charge in [0.05, 0.1) is 6.54 Å². The number of carbonyl (C=O) groups excluding carboxylic acids is 1. The highest BCUT2D eigenvalue weighted by Crippen LogP contribution is 2.35. The maximum Gasteiger partial charge on any atom is 0.339 e. The Kier molecular flexibility index (Phi) is 3.66. The molecule has 0 aromatic carbocycles. The van der Waals surface area contributed by atoms with Crippen molar-refractivity contribution in [3.05, 3.63) is 0 Å². The molecule has 1 aliphatic rings. The van der Waals surface area contributed by atoms with E-state index in [2.05, 4.69) is 0 Å². The van der Waals surface area contributed by atoms with Crippen LogP contribution in [0.5, 0.6) is 0 Å². The monoisotopic (exact) mass is 223 g/mol. The lowest BCUT2D eigenvalue weighted by molar-refractivity contribution is -0.158. The number of rotatable bonds is 3. The maximum atomic E-state index is 11.0. The van der Waals surface area contributed by atoms with Gasteiger partial charge in [0, 0.05) is 6.54 Å². The molecular weight excluding hydrogens is 209 g/mol. The molecule has 0 amide bonds. The molecule has 0 spiro atoms. The van der Waals surface area contributed by atoms with Gasteiger partial charge in [0.1, 0.15) is 12.4 Å². The van der Waals surface area contributed by atoms with Gasteiger partial charge in [-0.15, -0.1) is 0 Å². The number of carbonyl (C=O) groups is 1. The van der Waals surface area contributed by atoms with Crippen LogP contribution in [0.4, 0.5) is 0 Å². The molecule has 1 fully saturated rings. The molecule has 1 rings (SSSR count). The molecule has 1 unspecified atom stereocenters. The fourth-order valence-corrected chi connectivity index (χ4v) is 2.11. The zero-order chi connectivity index (χ0) is 10.8. The first-order valence-corrected chi connectivity index (χ1v) is 6.17. The fraction of sp³-hybridized carbons (Fsp3) is 0.857. The second-order valence-electron chi connectivity index (χ2n) is 3.34. The smallest absolute Gasteiger partial charge is 0.339 e. The summed E-state index contributed by atoms with van der Waals surface area (Å²) in [6.45, 7) is 2.22. The van der Waals surface area contributed by atoms with E-state index in [0.29, 0.717) is 13.0 Å². The summed E-state index contributed by atoms with van der Waals surface area (Å²) in [7, 11) is -4.08. The lowest BCUT2D eigenvalue weighted by Crippen LogP contribution is -2.45. The highest BCUT2D eigenvalue weighted by atomic mass is 31.2. The Morgan fingerprint density at radius 3 is 2.79 bits per heavy atom. The molecule has 82 valence electrons. The molecule has 0 saturated carbocycles. The number of nitrogens with zero attached hydrogens (tertiary/aromatic N) is 1. The van der Waals surface area contributed by atoms with Gasteiger partial charge in [-0.25, -0.2) is 0 Å². The Balaban J connectivity index is 2.53. The van der Waals surface area contributed by atoms with Crippen molar-refractivity contribution in [1.29, 1.82) is 0 Å². The van der Waals surface area contributed by atoms with Crippen molar-refractivity contribution in [3.8, 4) is 0 Å². The Labute approximate surface area is 82.0 Å². The highest BCUT2D eigenvalue weighted by molar-refractivity contribution is 7.51. The van der Waals surface area contributed by atoms with E-state index in [4.69, 9.17) is 14.5 Å². The summed E-state index contributed by atoms with van der Waals surface area (Å²) in [5.41, 5.74) is 0. The van der Waals surface area contributed by atoms with Crippen LogP contribution in [0.1, 0.15) is 13.3 Å². The third-order valence-corrected chi connectivity index (χ3v) is 2.72. The number of esters is 1. The minimum Gasteiger partial charge on any atom is -0.460 e. The first-order chi connectivity index (χ1) is 6.40. The third-order valence-electron chi connectivity index (χ3n) is 1.95. The van der Waals surface area contributed by atoms with E-state index in [1.54, 1.807) is 0 Å².